The van der Waals surface area contributed by atoms with Crippen LogP contribution in [-0.4, -0.2) is 104 Å². The zero-order chi connectivity index (χ0) is 21.5. The summed E-state index contributed by atoms with van der Waals surface area (Å²) in [5, 5.41) is 3.22. The molecular formula is C22H34N6O2. The molecule has 0 spiro atoms. The second kappa shape index (κ2) is 10.4. The average molecular weight is 415 g/mol. The smallest absolute Gasteiger partial charge is 0.241 e. The molecular weight excluding hydrogens is 380 g/mol. The van der Waals surface area contributed by atoms with Crippen molar-refractivity contribution in [2.75, 3.05) is 60.4 Å². The van der Waals surface area contributed by atoms with Crippen LogP contribution in [0.15, 0.2) is 35.3 Å². The third kappa shape index (κ3) is 5.72. The number of piperazine rings is 1. The van der Waals surface area contributed by atoms with Crippen molar-refractivity contribution in [1.29, 1.82) is 0 Å². The zero-order valence-corrected chi connectivity index (χ0v) is 18.4. The summed E-state index contributed by atoms with van der Waals surface area (Å²) in [6, 6.07) is 10.1. The van der Waals surface area contributed by atoms with Gasteiger partial charge in [-0.1, -0.05) is 30.3 Å². The van der Waals surface area contributed by atoms with Crippen LogP contribution in [0, 0.1) is 0 Å². The number of aliphatic imine (C=N–C) groups is 1. The van der Waals surface area contributed by atoms with Gasteiger partial charge in [-0.15, -0.1) is 0 Å². The summed E-state index contributed by atoms with van der Waals surface area (Å²) in [5.74, 6) is 0.966. The molecule has 1 N–H and O–H groups in total. The molecule has 0 aromatic heterocycles. The molecule has 30 heavy (non-hydrogen) atoms. The first-order chi connectivity index (χ1) is 14.5. The van der Waals surface area contributed by atoms with Crippen molar-refractivity contribution in [3.05, 3.63) is 35.9 Å². The molecule has 0 aliphatic carbocycles. The van der Waals surface area contributed by atoms with Crippen molar-refractivity contribution >= 4 is 17.8 Å². The molecule has 0 bridgehead atoms. The van der Waals surface area contributed by atoms with Gasteiger partial charge in [0.25, 0.3) is 0 Å². The summed E-state index contributed by atoms with van der Waals surface area (Å²) in [6.07, 6.45) is 2.04. The highest BCUT2D eigenvalue weighted by atomic mass is 16.2. The third-order valence-corrected chi connectivity index (χ3v) is 5.85. The first-order valence-corrected chi connectivity index (χ1v) is 10.7. The van der Waals surface area contributed by atoms with Gasteiger partial charge in [-0.3, -0.25) is 14.5 Å². The Morgan fingerprint density at radius 2 is 1.73 bits per heavy atom. The van der Waals surface area contributed by atoms with Crippen LogP contribution in [-0.2, 0) is 16.1 Å². The summed E-state index contributed by atoms with van der Waals surface area (Å²) in [5.41, 5.74) is 1.12. The van der Waals surface area contributed by atoms with Crippen molar-refractivity contribution in [3.8, 4) is 0 Å². The van der Waals surface area contributed by atoms with Crippen LogP contribution < -0.4 is 5.32 Å². The number of hydrogen-bond donors (Lipinski definition) is 1. The molecule has 2 saturated heterocycles. The van der Waals surface area contributed by atoms with Crippen molar-refractivity contribution in [1.82, 2.24) is 24.9 Å². The number of hydrogen-bond acceptors (Lipinski definition) is 4. The SMILES string of the molecule is CN(C)C(=O)CNC(=NCc1ccccc1)N1CCN(C(=O)C2CCCN2C)CC1. The summed E-state index contributed by atoms with van der Waals surface area (Å²) in [6.45, 7) is 4.51. The minimum atomic E-state index is 0.000459. The maximum Gasteiger partial charge on any atom is 0.241 e. The molecule has 0 saturated carbocycles. The Morgan fingerprint density at radius 3 is 2.33 bits per heavy atom. The molecule has 2 aliphatic heterocycles. The Labute approximate surface area is 179 Å². The molecule has 2 fully saturated rings. The van der Waals surface area contributed by atoms with E-state index in [4.69, 9.17) is 4.99 Å². The summed E-state index contributed by atoms with van der Waals surface area (Å²) in [4.78, 5) is 37.5. The molecule has 2 heterocycles. The van der Waals surface area contributed by atoms with Gasteiger partial charge in [-0.2, -0.15) is 0 Å². The Balaban J connectivity index is 1.61. The molecule has 164 valence electrons. The van der Waals surface area contributed by atoms with Gasteiger partial charge in [0.15, 0.2) is 5.96 Å². The molecule has 8 nitrogen and oxygen atoms in total. The summed E-state index contributed by atoms with van der Waals surface area (Å²) < 4.78 is 0. The predicted octanol–water partition coefficient (Wildman–Crippen LogP) is 0.459. The molecule has 1 aromatic rings. The first-order valence-electron chi connectivity index (χ1n) is 10.7. The number of rotatable bonds is 5. The largest absolute Gasteiger partial charge is 0.347 e. The number of guanidine groups is 1. The van der Waals surface area contributed by atoms with Crippen LogP contribution >= 0.6 is 0 Å². The number of benzene rings is 1. The number of likely N-dealkylation sites (tertiary alicyclic amines) is 1. The predicted molar refractivity (Wildman–Crippen MR) is 118 cm³/mol. The van der Waals surface area contributed by atoms with Crippen molar-refractivity contribution < 1.29 is 9.59 Å². The van der Waals surface area contributed by atoms with Crippen molar-refractivity contribution in [2.45, 2.75) is 25.4 Å². The van der Waals surface area contributed by atoms with Crippen molar-refractivity contribution in [3.63, 3.8) is 0 Å². The van der Waals surface area contributed by atoms with Gasteiger partial charge in [0.1, 0.15) is 0 Å². The second-order valence-electron chi connectivity index (χ2n) is 8.22. The normalized spacial score (nSPS) is 20.4. The lowest BCUT2D eigenvalue weighted by Gasteiger charge is -2.38. The van der Waals surface area contributed by atoms with Gasteiger partial charge < -0.3 is 20.0 Å². The van der Waals surface area contributed by atoms with E-state index in [0.29, 0.717) is 32.7 Å². The van der Waals surface area contributed by atoms with Crippen LogP contribution in [0.4, 0.5) is 0 Å². The fraction of sp³-hybridized carbons (Fsp3) is 0.591. The fourth-order valence-corrected chi connectivity index (χ4v) is 3.90. The lowest BCUT2D eigenvalue weighted by atomic mass is 10.1. The number of carbonyl (C=O) groups is 2. The molecule has 2 aliphatic rings. The Hall–Kier alpha value is -2.61. The minimum absolute atomic E-state index is 0.000459. The molecule has 2 amide bonds. The van der Waals surface area contributed by atoms with Crippen LogP contribution in [0.3, 0.4) is 0 Å². The van der Waals surface area contributed by atoms with Crippen LogP contribution in [0.1, 0.15) is 18.4 Å². The number of nitrogens with one attached hydrogen (secondary N) is 1. The summed E-state index contributed by atoms with van der Waals surface area (Å²) in [7, 11) is 5.52. The highest BCUT2D eigenvalue weighted by molar-refractivity contribution is 5.87. The number of amides is 2. The van der Waals surface area contributed by atoms with Gasteiger partial charge in [0.2, 0.25) is 11.8 Å². The van der Waals surface area contributed by atoms with Gasteiger partial charge in [-0.05, 0) is 32.0 Å². The van der Waals surface area contributed by atoms with E-state index >= 15 is 0 Å². The fourth-order valence-electron chi connectivity index (χ4n) is 3.90. The second-order valence-corrected chi connectivity index (χ2v) is 8.22. The van der Waals surface area contributed by atoms with E-state index in [1.165, 1.54) is 0 Å². The van der Waals surface area contributed by atoms with E-state index in [9.17, 15) is 9.59 Å². The van der Waals surface area contributed by atoms with Gasteiger partial charge in [0, 0.05) is 40.3 Å². The van der Waals surface area contributed by atoms with E-state index < -0.39 is 0 Å². The number of likely N-dealkylation sites (N-methyl/N-ethyl adjacent to an activating group) is 2. The van der Waals surface area contributed by atoms with Crippen LogP contribution in [0.25, 0.3) is 0 Å². The number of carbonyl (C=O) groups excluding carboxylic acids is 2. The topological polar surface area (TPSA) is 71.5 Å². The lowest BCUT2D eigenvalue weighted by Crippen LogP contribution is -2.57. The molecule has 1 unspecified atom stereocenters. The van der Waals surface area contributed by atoms with Crippen LogP contribution in [0.2, 0.25) is 0 Å². The Morgan fingerprint density at radius 1 is 1.07 bits per heavy atom. The van der Waals surface area contributed by atoms with E-state index in [1.807, 2.05) is 42.3 Å². The van der Waals surface area contributed by atoms with Gasteiger partial charge in [0.05, 0.1) is 19.1 Å². The molecule has 8 heteroatoms. The maximum absolute atomic E-state index is 12.9. The van der Waals surface area contributed by atoms with E-state index in [2.05, 4.69) is 15.1 Å². The van der Waals surface area contributed by atoms with E-state index in [0.717, 1.165) is 30.9 Å². The van der Waals surface area contributed by atoms with Crippen LogP contribution in [0.5, 0.6) is 0 Å². The Kier molecular flexibility index (Phi) is 7.68. The lowest BCUT2D eigenvalue weighted by molar-refractivity contribution is -0.136. The van der Waals surface area contributed by atoms with Gasteiger partial charge >= 0.3 is 0 Å². The van der Waals surface area contributed by atoms with Crippen molar-refractivity contribution in [2.24, 2.45) is 4.99 Å². The standard InChI is InChI=1S/C22H34N6O2/c1-25(2)20(29)17-24-22(23-16-18-8-5-4-6-9-18)28-14-12-27(13-15-28)21(30)19-10-7-11-26(19)3/h4-6,8-9,19H,7,10-17H2,1-3H3,(H,23,24). The number of nitrogens with zero attached hydrogens (tertiary/aromatic N) is 5. The van der Waals surface area contributed by atoms with E-state index in [-0.39, 0.29) is 24.4 Å². The Bertz CT molecular complexity index is 743. The highest BCUT2D eigenvalue weighted by Crippen LogP contribution is 2.18. The summed E-state index contributed by atoms with van der Waals surface area (Å²) >= 11 is 0. The minimum Gasteiger partial charge on any atom is -0.347 e. The maximum atomic E-state index is 12.9. The third-order valence-electron chi connectivity index (χ3n) is 5.85. The average Bonchev–Trinajstić information content (AvgIpc) is 3.19. The quantitative estimate of drug-likeness (QED) is 0.560. The molecule has 3 rings (SSSR count). The first kappa shape index (κ1) is 22.1. The zero-order valence-electron chi connectivity index (χ0n) is 18.4. The molecule has 1 aromatic carbocycles. The van der Waals surface area contributed by atoms with E-state index in [1.54, 1.807) is 19.0 Å². The molecule has 1 atom stereocenters. The monoisotopic (exact) mass is 414 g/mol. The molecule has 0 radical (unpaired) electrons. The highest BCUT2D eigenvalue weighted by Gasteiger charge is 2.33. The van der Waals surface area contributed by atoms with Gasteiger partial charge in [-0.25, -0.2) is 4.99 Å².